The number of fused-ring (bicyclic) bond motifs is 2. The first-order chi connectivity index (χ1) is 16.4. The standard InChI is InChI=1S/C25H24FN5O3/c1-3-4-7-12-31-25(34)19-9-6-5-8-18(19)22(30-31)24(33)29-28-23(32)20-13-15(2)27-21-14-16(26)10-11-17(20)21/h5-6,8-11,13-14H,3-4,7,12H2,1-2H3,(H,28,32)(H,29,33). The molecular formula is C25H24FN5O3. The van der Waals surface area contributed by atoms with Crippen LogP contribution >= 0.6 is 0 Å². The van der Waals surface area contributed by atoms with Crippen molar-refractivity contribution in [3.63, 3.8) is 0 Å². The fourth-order valence-electron chi connectivity index (χ4n) is 3.83. The van der Waals surface area contributed by atoms with E-state index in [0.29, 0.717) is 33.9 Å². The number of aromatic nitrogens is 3. The van der Waals surface area contributed by atoms with Gasteiger partial charge in [0.1, 0.15) is 5.82 Å². The van der Waals surface area contributed by atoms with Crippen LogP contribution < -0.4 is 16.4 Å². The summed E-state index contributed by atoms with van der Waals surface area (Å²) in [6.45, 7) is 4.14. The van der Waals surface area contributed by atoms with Crippen molar-refractivity contribution >= 4 is 33.5 Å². The summed E-state index contributed by atoms with van der Waals surface area (Å²) in [5.41, 5.74) is 5.66. The van der Waals surface area contributed by atoms with Gasteiger partial charge in [-0.1, -0.05) is 38.0 Å². The zero-order valence-electron chi connectivity index (χ0n) is 18.9. The Balaban J connectivity index is 1.62. The van der Waals surface area contributed by atoms with Gasteiger partial charge in [0.05, 0.1) is 16.5 Å². The molecule has 8 nitrogen and oxygen atoms in total. The van der Waals surface area contributed by atoms with Crippen LogP contribution in [-0.2, 0) is 6.54 Å². The third kappa shape index (κ3) is 4.63. The predicted octanol–water partition coefficient (Wildman–Crippen LogP) is 3.66. The molecule has 0 saturated carbocycles. The average molecular weight is 461 g/mol. The third-order valence-electron chi connectivity index (χ3n) is 5.49. The van der Waals surface area contributed by atoms with Crippen molar-refractivity contribution in [2.24, 2.45) is 0 Å². The van der Waals surface area contributed by atoms with Crippen LogP contribution in [0.3, 0.4) is 0 Å². The van der Waals surface area contributed by atoms with Crippen molar-refractivity contribution in [1.82, 2.24) is 25.6 Å². The van der Waals surface area contributed by atoms with Gasteiger partial charge in [-0.15, -0.1) is 0 Å². The van der Waals surface area contributed by atoms with Crippen LogP contribution in [-0.4, -0.2) is 26.6 Å². The highest BCUT2D eigenvalue weighted by Gasteiger charge is 2.19. The summed E-state index contributed by atoms with van der Waals surface area (Å²) in [5.74, 6) is -1.71. The molecule has 2 aromatic carbocycles. The molecule has 0 fully saturated rings. The highest BCUT2D eigenvalue weighted by Crippen LogP contribution is 2.19. The Hall–Kier alpha value is -4.14. The van der Waals surface area contributed by atoms with Gasteiger partial charge in [0.25, 0.3) is 17.4 Å². The minimum atomic E-state index is -0.657. The number of nitrogens with one attached hydrogen (secondary N) is 2. The molecule has 0 spiro atoms. The van der Waals surface area contributed by atoms with Crippen LogP contribution in [0.4, 0.5) is 4.39 Å². The van der Waals surface area contributed by atoms with E-state index in [0.717, 1.165) is 19.3 Å². The Kier molecular flexibility index (Phi) is 6.62. The number of hydrogen-bond acceptors (Lipinski definition) is 5. The highest BCUT2D eigenvalue weighted by atomic mass is 19.1. The lowest BCUT2D eigenvalue weighted by Crippen LogP contribution is -2.43. The number of carbonyl (C=O) groups is 2. The number of carbonyl (C=O) groups excluding carboxylic acids is 2. The van der Waals surface area contributed by atoms with Crippen molar-refractivity contribution < 1.29 is 14.0 Å². The zero-order chi connectivity index (χ0) is 24.2. The Morgan fingerprint density at radius 3 is 2.47 bits per heavy atom. The molecule has 9 heteroatoms. The van der Waals surface area contributed by atoms with Gasteiger partial charge in [-0.3, -0.25) is 30.2 Å². The van der Waals surface area contributed by atoms with E-state index in [9.17, 15) is 18.8 Å². The Bertz CT molecular complexity index is 1460. The normalized spacial score (nSPS) is 11.0. The van der Waals surface area contributed by atoms with Gasteiger partial charge in [0, 0.05) is 29.1 Å². The van der Waals surface area contributed by atoms with Crippen LogP contribution in [0.15, 0.2) is 53.3 Å². The number of unbranched alkanes of at least 4 members (excludes halogenated alkanes) is 2. The van der Waals surface area contributed by atoms with E-state index in [1.807, 2.05) is 0 Å². The van der Waals surface area contributed by atoms with Crippen molar-refractivity contribution in [3.05, 3.63) is 81.7 Å². The molecule has 0 bridgehead atoms. The van der Waals surface area contributed by atoms with Gasteiger partial charge in [-0.2, -0.15) is 5.10 Å². The van der Waals surface area contributed by atoms with E-state index >= 15 is 0 Å². The van der Waals surface area contributed by atoms with Crippen LogP contribution in [0.5, 0.6) is 0 Å². The number of aryl methyl sites for hydroxylation is 2. The van der Waals surface area contributed by atoms with E-state index in [1.165, 1.54) is 22.9 Å². The summed E-state index contributed by atoms with van der Waals surface area (Å²) in [6, 6.07) is 12.2. The second kappa shape index (κ2) is 9.78. The fraction of sp³-hybridized carbons (Fsp3) is 0.240. The number of benzene rings is 2. The molecule has 2 aromatic heterocycles. The smallest absolute Gasteiger partial charge is 0.267 e. The summed E-state index contributed by atoms with van der Waals surface area (Å²) in [5, 5.41) is 5.51. The van der Waals surface area contributed by atoms with Crippen LogP contribution in [0.1, 0.15) is 52.7 Å². The second-order valence-electron chi connectivity index (χ2n) is 8.01. The van der Waals surface area contributed by atoms with Gasteiger partial charge < -0.3 is 0 Å². The molecule has 2 amide bonds. The molecule has 4 rings (SSSR count). The lowest BCUT2D eigenvalue weighted by Gasteiger charge is -2.13. The average Bonchev–Trinajstić information content (AvgIpc) is 2.83. The molecular weight excluding hydrogens is 437 g/mol. The third-order valence-corrected chi connectivity index (χ3v) is 5.49. The minimum absolute atomic E-state index is 0.0323. The molecule has 4 aromatic rings. The number of amides is 2. The molecule has 0 atom stereocenters. The van der Waals surface area contributed by atoms with Crippen molar-refractivity contribution in [2.45, 2.75) is 39.7 Å². The lowest BCUT2D eigenvalue weighted by molar-refractivity contribution is 0.0844. The van der Waals surface area contributed by atoms with Crippen molar-refractivity contribution in [1.29, 1.82) is 0 Å². The summed E-state index contributed by atoms with van der Waals surface area (Å²) in [6.07, 6.45) is 2.67. The molecule has 2 N–H and O–H groups in total. The largest absolute Gasteiger partial charge is 0.290 e. The molecule has 0 saturated heterocycles. The van der Waals surface area contributed by atoms with Gasteiger partial charge in [-0.05, 0) is 37.6 Å². The quantitative estimate of drug-likeness (QED) is 0.337. The van der Waals surface area contributed by atoms with E-state index in [2.05, 4.69) is 27.9 Å². The Labute approximate surface area is 194 Å². The molecule has 174 valence electrons. The number of nitrogens with zero attached hydrogens (tertiary/aromatic N) is 3. The summed E-state index contributed by atoms with van der Waals surface area (Å²) < 4.78 is 14.9. The van der Waals surface area contributed by atoms with Crippen LogP contribution in [0.2, 0.25) is 0 Å². The topological polar surface area (TPSA) is 106 Å². The maximum atomic E-state index is 13.6. The van der Waals surface area contributed by atoms with Gasteiger partial charge in [0.2, 0.25) is 0 Å². The molecule has 0 radical (unpaired) electrons. The number of hydrazine groups is 1. The number of hydrogen-bond donors (Lipinski definition) is 2. The van der Waals surface area contributed by atoms with E-state index in [-0.39, 0.29) is 16.8 Å². The monoisotopic (exact) mass is 461 g/mol. The first kappa shape index (κ1) is 23.0. The number of halogens is 1. The minimum Gasteiger partial charge on any atom is -0.267 e. The first-order valence-electron chi connectivity index (χ1n) is 11.1. The predicted molar refractivity (Wildman–Crippen MR) is 127 cm³/mol. The SMILES string of the molecule is CCCCCn1nc(C(=O)NNC(=O)c2cc(C)nc3cc(F)ccc23)c2ccccc2c1=O. The van der Waals surface area contributed by atoms with E-state index in [1.54, 1.807) is 37.3 Å². The Morgan fingerprint density at radius 2 is 1.71 bits per heavy atom. The van der Waals surface area contributed by atoms with Crippen LogP contribution in [0.25, 0.3) is 21.7 Å². The van der Waals surface area contributed by atoms with Crippen molar-refractivity contribution in [2.75, 3.05) is 0 Å². The summed E-state index contributed by atoms with van der Waals surface area (Å²) >= 11 is 0. The second-order valence-corrected chi connectivity index (χ2v) is 8.01. The molecule has 34 heavy (non-hydrogen) atoms. The maximum absolute atomic E-state index is 13.6. The first-order valence-corrected chi connectivity index (χ1v) is 11.1. The highest BCUT2D eigenvalue weighted by molar-refractivity contribution is 6.09. The van der Waals surface area contributed by atoms with Gasteiger partial charge in [0.15, 0.2) is 5.69 Å². The maximum Gasteiger partial charge on any atom is 0.290 e. The molecule has 0 aliphatic carbocycles. The van der Waals surface area contributed by atoms with E-state index in [4.69, 9.17) is 0 Å². The zero-order valence-corrected chi connectivity index (χ0v) is 18.9. The lowest BCUT2D eigenvalue weighted by atomic mass is 10.1. The number of pyridine rings is 1. The fourth-order valence-corrected chi connectivity index (χ4v) is 3.83. The molecule has 0 aliphatic rings. The van der Waals surface area contributed by atoms with Crippen molar-refractivity contribution in [3.8, 4) is 0 Å². The summed E-state index contributed by atoms with van der Waals surface area (Å²) in [7, 11) is 0. The Morgan fingerprint density at radius 1 is 0.971 bits per heavy atom. The van der Waals surface area contributed by atoms with E-state index < -0.39 is 17.6 Å². The van der Waals surface area contributed by atoms with Crippen LogP contribution in [0, 0.1) is 12.7 Å². The van der Waals surface area contributed by atoms with Gasteiger partial charge in [-0.25, -0.2) is 9.07 Å². The summed E-state index contributed by atoms with van der Waals surface area (Å²) in [4.78, 5) is 42.9. The number of rotatable bonds is 6. The molecule has 0 unspecified atom stereocenters. The van der Waals surface area contributed by atoms with Gasteiger partial charge >= 0.3 is 0 Å². The molecule has 0 aliphatic heterocycles. The molecule has 2 heterocycles.